The van der Waals surface area contributed by atoms with Gasteiger partial charge in [-0.25, -0.2) is 8.42 Å². The van der Waals surface area contributed by atoms with E-state index in [-0.39, 0.29) is 6.42 Å². The van der Waals surface area contributed by atoms with E-state index in [1.807, 2.05) is 0 Å². The molecule has 8 nitrogen and oxygen atoms in total. The quantitative estimate of drug-likeness (QED) is 0.839. The SMILES string of the molecule is Cn1cc(N2CC[C@H](NS(=O)(=O)c3ccc(C(F)(F)F)nc3)C2=O)cn1. The number of anilines is 1. The van der Waals surface area contributed by atoms with Crippen LogP contribution in [0.25, 0.3) is 0 Å². The van der Waals surface area contributed by atoms with Crippen LogP contribution in [0.2, 0.25) is 0 Å². The molecule has 1 aliphatic heterocycles. The van der Waals surface area contributed by atoms with E-state index in [4.69, 9.17) is 0 Å². The molecule has 3 rings (SSSR count). The van der Waals surface area contributed by atoms with Gasteiger partial charge in [-0.15, -0.1) is 0 Å². The Balaban J connectivity index is 1.75. The maximum Gasteiger partial charge on any atom is 0.433 e. The smallest absolute Gasteiger partial charge is 0.308 e. The fourth-order valence-corrected chi connectivity index (χ4v) is 3.72. The summed E-state index contributed by atoms with van der Waals surface area (Å²) in [6.45, 7) is 0.295. The number of sulfonamides is 1. The van der Waals surface area contributed by atoms with Gasteiger partial charge >= 0.3 is 6.18 Å². The van der Waals surface area contributed by atoms with Crippen LogP contribution in [0.3, 0.4) is 0 Å². The Labute approximate surface area is 146 Å². The highest BCUT2D eigenvalue weighted by Crippen LogP contribution is 2.28. The Morgan fingerprint density at radius 1 is 1.27 bits per heavy atom. The van der Waals surface area contributed by atoms with Crippen LogP contribution in [0, 0.1) is 0 Å². The zero-order chi connectivity index (χ0) is 19.1. The third-order valence-electron chi connectivity index (χ3n) is 3.84. The number of carbonyl (C=O) groups excluding carboxylic acids is 1. The number of aryl methyl sites for hydroxylation is 1. The molecule has 1 atom stereocenters. The summed E-state index contributed by atoms with van der Waals surface area (Å²) in [5.74, 6) is -0.457. The third kappa shape index (κ3) is 3.55. The van der Waals surface area contributed by atoms with Gasteiger partial charge < -0.3 is 4.90 Å². The molecule has 0 saturated carbocycles. The lowest BCUT2D eigenvalue weighted by atomic mass is 10.3. The van der Waals surface area contributed by atoms with E-state index in [0.717, 1.165) is 6.07 Å². The Kier molecular flexibility index (Phi) is 4.48. The second-order valence-electron chi connectivity index (χ2n) is 5.70. The number of nitrogens with zero attached hydrogens (tertiary/aromatic N) is 4. The summed E-state index contributed by atoms with van der Waals surface area (Å²) in [5, 5.41) is 3.95. The number of hydrogen-bond donors (Lipinski definition) is 1. The minimum atomic E-state index is -4.67. The van der Waals surface area contributed by atoms with Gasteiger partial charge in [0, 0.05) is 26.0 Å². The highest BCUT2D eigenvalue weighted by atomic mass is 32.2. The zero-order valence-corrected chi connectivity index (χ0v) is 14.3. The van der Waals surface area contributed by atoms with Crippen LogP contribution in [0.15, 0.2) is 35.6 Å². The molecule has 0 spiro atoms. The van der Waals surface area contributed by atoms with Crippen LogP contribution in [-0.4, -0.2) is 41.7 Å². The van der Waals surface area contributed by atoms with E-state index in [1.54, 1.807) is 13.2 Å². The van der Waals surface area contributed by atoms with Crippen molar-refractivity contribution >= 4 is 21.6 Å². The molecule has 0 aliphatic carbocycles. The van der Waals surface area contributed by atoms with Crippen molar-refractivity contribution in [3.05, 3.63) is 36.4 Å². The van der Waals surface area contributed by atoms with E-state index in [9.17, 15) is 26.4 Å². The van der Waals surface area contributed by atoms with Crippen LogP contribution in [-0.2, 0) is 28.0 Å². The average Bonchev–Trinajstić information content (AvgIpc) is 3.13. The van der Waals surface area contributed by atoms with Gasteiger partial charge in [-0.3, -0.25) is 14.5 Å². The summed E-state index contributed by atoms with van der Waals surface area (Å²) in [5.41, 5.74) is -0.661. The molecule has 26 heavy (non-hydrogen) atoms. The van der Waals surface area contributed by atoms with Crippen LogP contribution < -0.4 is 9.62 Å². The normalized spacial score (nSPS) is 18.5. The molecule has 1 saturated heterocycles. The summed E-state index contributed by atoms with van der Waals surface area (Å²) >= 11 is 0. The zero-order valence-electron chi connectivity index (χ0n) is 13.4. The van der Waals surface area contributed by atoms with Gasteiger partial charge in [0.15, 0.2) is 0 Å². The molecule has 3 heterocycles. The Morgan fingerprint density at radius 2 is 2.00 bits per heavy atom. The highest BCUT2D eigenvalue weighted by molar-refractivity contribution is 7.89. The number of nitrogens with one attached hydrogen (secondary N) is 1. The first-order valence-corrected chi connectivity index (χ1v) is 8.92. The van der Waals surface area contributed by atoms with E-state index in [2.05, 4.69) is 14.8 Å². The van der Waals surface area contributed by atoms with E-state index >= 15 is 0 Å². The number of pyridine rings is 1. The Hall–Kier alpha value is -2.47. The molecule has 1 amide bonds. The fourth-order valence-electron chi connectivity index (χ4n) is 2.56. The largest absolute Gasteiger partial charge is 0.433 e. The predicted molar refractivity (Wildman–Crippen MR) is 83.5 cm³/mol. The molecule has 2 aromatic rings. The lowest BCUT2D eigenvalue weighted by molar-refractivity contribution is -0.141. The van der Waals surface area contributed by atoms with E-state index < -0.39 is 38.7 Å². The van der Waals surface area contributed by atoms with Crippen LogP contribution in [0.4, 0.5) is 18.9 Å². The van der Waals surface area contributed by atoms with Gasteiger partial charge in [0.2, 0.25) is 15.9 Å². The monoisotopic (exact) mass is 389 g/mol. The molecule has 0 bridgehead atoms. The van der Waals surface area contributed by atoms with Gasteiger partial charge in [-0.05, 0) is 18.6 Å². The van der Waals surface area contributed by atoms with Crippen molar-refractivity contribution in [2.24, 2.45) is 7.05 Å². The average molecular weight is 389 g/mol. The molecule has 1 fully saturated rings. The van der Waals surface area contributed by atoms with Crippen LogP contribution in [0.1, 0.15) is 12.1 Å². The third-order valence-corrected chi connectivity index (χ3v) is 5.30. The van der Waals surface area contributed by atoms with Crippen molar-refractivity contribution in [2.75, 3.05) is 11.4 Å². The molecule has 1 N–H and O–H groups in total. The number of aromatic nitrogens is 3. The van der Waals surface area contributed by atoms with Crippen LogP contribution >= 0.6 is 0 Å². The first-order chi connectivity index (χ1) is 12.1. The standard InChI is InChI=1S/C14H14F3N5O3S/c1-21-8-9(6-19-21)22-5-4-11(13(22)23)20-26(24,25)10-2-3-12(18-7-10)14(15,16)17/h2-3,6-8,11,20H,4-5H2,1H3/t11-/m0/s1. The van der Waals surface area contributed by atoms with E-state index in [1.165, 1.54) is 15.8 Å². The van der Waals surface area contributed by atoms with Crippen molar-refractivity contribution in [2.45, 2.75) is 23.5 Å². The van der Waals surface area contributed by atoms with Crippen LogP contribution in [0.5, 0.6) is 0 Å². The number of halogens is 3. The summed E-state index contributed by atoms with van der Waals surface area (Å²) in [6, 6.07) is 0.367. The molecule has 0 aromatic carbocycles. The molecule has 140 valence electrons. The van der Waals surface area contributed by atoms with Crippen molar-refractivity contribution in [3.63, 3.8) is 0 Å². The maximum absolute atomic E-state index is 12.5. The van der Waals surface area contributed by atoms with Gasteiger partial charge in [0.1, 0.15) is 16.6 Å². The van der Waals surface area contributed by atoms with Gasteiger partial charge in [0.05, 0.1) is 11.9 Å². The molecule has 12 heteroatoms. The lowest BCUT2D eigenvalue weighted by Crippen LogP contribution is -2.41. The van der Waals surface area contributed by atoms with Crippen molar-refractivity contribution in [3.8, 4) is 0 Å². The minimum absolute atomic E-state index is 0.223. The molecule has 2 aromatic heterocycles. The van der Waals surface area contributed by atoms with Gasteiger partial charge in [-0.1, -0.05) is 0 Å². The van der Waals surface area contributed by atoms with Crippen molar-refractivity contribution < 1.29 is 26.4 Å². The van der Waals surface area contributed by atoms with Gasteiger partial charge in [-0.2, -0.15) is 23.0 Å². The maximum atomic E-state index is 12.5. The molecular weight excluding hydrogens is 375 g/mol. The van der Waals surface area contributed by atoms with Crippen molar-refractivity contribution in [1.29, 1.82) is 0 Å². The lowest BCUT2D eigenvalue weighted by Gasteiger charge is -2.15. The first-order valence-electron chi connectivity index (χ1n) is 7.43. The Bertz CT molecular complexity index is 924. The van der Waals surface area contributed by atoms with Gasteiger partial charge in [0.25, 0.3) is 0 Å². The molecule has 0 unspecified atom stereocenters. The number of rotatable bonds is 4. The topological polar surface area (TPSA) is 97.2 Å². The number of amides is 1. The van der Waals surface area contributed by atoms with Crippen molar-refractivity contribution in [1.82, 2.24) is 19.5 Å². The summed E-state index contributed by atoms with van der Waals surface area (Å²) in [4.78, 5) is 16.5. The second kappa shape index (κ2) is 6.36. The number of alkyl halides is 3. The number of hydrogen-bond acceptors (Lipinski definition) is 5. The molecule has 0 radical (unpaired) electrons. The molecule has 1 aliphatic rings. The summed E-state index contributed by atoms with van der Waals surface area (Å²) in [6.07, 6.45) is -0.727. The highest BCUT2D eigenvalue weighted by Gasteiger charge is 2.37. The second-order valence-corrected chi connectivity index (χ2v) is 7.42. The first kappa shape index (κ1) is 18.3. The summed E-state index contributed by atoms with van der Waals surface area (Å²) < 4.78 is 65.9. The predicted octanol–water partition coefficient (Wildman–Crippen LogP) is 0.918. The molecular formula is C14H14F3N5O3S. The Morgan fingerprint density at radius 3 is 2.54 bits per heavy atom. The number of carbonyl (C=O) groups is 1. The summed E-state index contributed by atoms with van der Waals surface area (Å²) in [7, 11) is -2.51. The fraction of sp³-hybridized carbons (Fsp3) is 0.357. The minimum Gasteiger partial charge on any atom is -0.308 e. The van der Waals surface area contributed by atoms with E-state index in [0.29, 0.717) is 24.5 Å².